The molecule has 154 valence electrons. The first-order chi connectivity index (χ1) is 15.0. The maximum Gasteiger partial charge on any atom is 0.287 e. The molecule has 2 heterocycles. The number of carbonyl (C=O) groups excluding carboxylic acids is 1. The lowest BCUT2D eigenvalue weighted by Gasteiger charge is -2.04. The number of benzene rings is 2. The third-order valence-corrected chi connectivity index (χ3v) is 5.17. The smallest absolute Gasteiger partial charge is 0.287 e. The van der Waals surface area contributed by atoms with Crippen molar-refractivity contribution >= 4 is 51.9 Å². The molecule has 0 atom stereocenters. The average molecular weight is 453 g/mol. The predicted molar refractivity (Wildman–Crippen MR) is 120 cm³/mol. The molecule has 2 aromatic carbocycles. The van der Waals surface area contributed by atoms with Gasteiger partial charge in [0.2, 0.25) is 5.88 Å². The number of hydrogen-bond donors (Lipinski definition) is 1. The maximum atomic E-state index is 12.2. The van der Waals surface area contributed by atoms with Crippen LogP contribution in [0.25, 0.3) is 6.08 Å². The fourth-order valence-corrected chi connectivity index (χ4v) is 3.61. The molecule has 10 heteroatoms. The molecular weight excluding hydrogens is 440 g/mol. The summed E-state index contributed by atoms with van der Waals surface area (Å²) in [6.07, 6.45) is 2.88. The highest BCUT2D eigenvalue weighted by Gasteiger charge is 2.23. The normalized spacial score (nSPS) is 15.8. The van der Waals surface area contributed by atoms with Crippen LogP contribution in [-0.4, -0.2) is 21.0 Å². The summed E-state index contributed by atoms with van der Waals surface area (Å²) in [7, 11) is 0. The Labute approximate surface area is 185 Å². The summed E-state index contributed by atoms with van der Waals surface area (Å²) in [6.45, 7) is 0. The van der Waals surface area contributed by atoms with Crippen LogP contribution in [0.15, 0.2) is 76.8 Å². The number of amidine groups is 1. The van der Waals surface area contributed by atoms with Gasteiger partial charge < -0.3 is 10.1 Å². The van der Waals surface area contributed by atoms with Gasteiger partial charge in [-0.1, -0.05) is 29.8 Å². The van der Waals surface area contributed by atoms with E-state index in [0.717, 1.165) is 11.8 Å². The van der Waals surface area contributed by atoms with Crippen LogP contribution >= 0.6 is 23.4 Å². The molecule has 0 aliphatic carbocycles. The molecule has 1 N–H and O–H groups in total. The molecule has 3 aromatic rings. The van der Waals surface area contributed by atoms with Crippen LogP contribution in [0.1, 0.15) is 5.56 Å². The molecule has 1 fully saturated rings. The van der Waals surface area contributed by atoms with Crippen molar-refractivity contribution < 1.29 is 14.5 Å². The Balaban J connectivity index is 1.44. The summed E-state index contributed by atoms with van der Waals surface area (Å²) < 4.78 is 5.58. The van der Waals surface area contributed by atoms with Crippen LogP contribution in [0, 0.1) is 10.1 Å². The molecule has 4 rings (SSSR count). The highest BCUT2D eigenvalue weighted by molar-refractivity contribution is 8.18. The number of aliphatic imine (C=N–C) groups is 1. The first kappa shape index (κ1) is 20.6. The number of aromatic nitrogens is 1. The minimum atomic E-state index is -0.526. The van der Waals surface area contributed by atoms with Gasteiger partial charge in [-0.05, 0) is 53.7 Å². The lowest BCUT2D eigenvalue weighted by Crippen LogP contribution is -2.19. The fraction of sp³-hybridized carbons (Fsp3) is 0. The van der Waals surface area contributed by atoms with E-state index in [9.17, 15) is 14.9 Å². The molecule has 0 bridgehead atoms. The van der Waals surface area contributed by atoms with Gasteiger partial charge in [0.15, 0.2) is 5.17 Å². The van der Waals surface area contributed by atoms with Crippen molar-refractivity contribution in [1.82, 2.24) is 10.3 Å². The molecule has 0 unspecified atom stereocenters. The van der Waals surface area contributed by atoms with Crippen LogP contribution in [-0.2, 0) is 4.79 Å². The Bertz CT molecular complexity index is 1210. The number of nitrogens with zero attached hydrogens (tertiary/aromatic N) is 3. The lowest BCUT2D eigenvalue weighted by atomic mass is 10.2. The molecule has 1 aromatic heterocycles. The maximum absolute atomic E-state index is 12.2. The Hall–Kier alpha value is -3.69. The molecule has 0 radical (unpaired) electrons. The molecule has 1 amide bonds. The van der Waals surface area contributed by atoms with Gasteiger partial charge in [-0.2, -0.15) is 0 Å². The summed E-state index contributed by atoms with van der Waals surface area (Å²) >= 11 is 7.20. The second-order valence-electron chi connectivity index (χ2n) is 6.24. The third-order valence-electron chi connectivity index (χ3n) is 4.02. The van der Waals surface area contributed by atoms with Crippen LogP contribution in [0.3, 0.4) is 0 Å². The van der Waals surface area contributed by atoms with Crippen molar-refractivity contribution in [2.24, 2.45) is 4.99 Å². The molecule has 0 spiro atoms. The average Bonchev–Trinajstić information content (AvgIpc) is 3.08. The zero-order valence-electron chi connectivity index (χ0n) is 15.7. The Morgan fingerprint density at radius 1 is 1.16 bits per heavy atom. The van der Waals surface area contributed by atoms with E-state index in [-0.39, 0.29) is 17.5 Å². The zero-order chi connectivity index (χ0) is 21.8. The van der Waals surface area contributed by atoms with E-state index in [2.05, 4.69) is 15.3 Å². The summed E-state index contributed by atoms with van der Waals surface area (Å²) in [5, 5.41) is 14.4. The molecule has 31 heavy (non-hydrogen) atoms. The standard InChI is InChI=1S/C21H13ClN4O4S/c22-14-2-1-3-15(11-14)24-21-25-20(27)18(31-21)10-13-4-7-17(8-5-13)30-19-9-6-16(12-23-19)26(28)29/h1-12H,(H,24,25,27)/b18-10-. The molecule has 8 nitrogen and oxygen atoms in total. The van der Waals surface area contributed by atoms with Gasteiger partial charge in [0.05, 0.1) is 15.5 Å². The molecule has 1 aliphatic rings. The lowest BCUT2D eigenvalue weighted by molar-refractivity contribution is -0.385. The Kier molecular flexibility index (Phi) is 5.96. The number of pyridine rings is 1. The van der Waals surface area contributed by atoms with Gasteiger partial charge >= 0.3 is 0 Å². The number of ether oxygens (including phenoxy) is 1. The molecule has 1 saturated heterocycles. The van der Waals surface area contributed by atoms with Gasteiger partial charge in [0.1, 0.15) is 11.9 Å². The van der Waals surface area contributed by atoms with Crippen molar-refractivity contribution in [1.29, 1.82) is 0 Å². The predicted octanol–water partition coefficient (Wildman–Crippen LogP) is 5.33. The van der Waals surface area contributed by atoms with Crippen LogP contribution in [0.4, 0.5) is 11.4 Å². The van der Waals surface area contributed by atoms with E-state index in [0.29, 0.717) is 26.5 Å². The zero-order valence-corrected chi connectivity index (χ0v) is 17.3. The Morgan fingerprint density at radius 3 is 2.65 bits per heavy atom. The first-order valence-electron chi connectivity index (χ1n) is 8.90. The van der Waals surface area contributed by atoms with Gasteiger partial charge in [0, 0.05) is 17.2 Å². The first-order valence-corrected chi connectivity index (χ1v) is 10.1. The largest absolute Gasteiger partial charge is 0.439 e. The molecular formula is C21H13ClN4O4S. The van der Waals surface area contributed by atoms with Crippen LogP contribution in [0.2, 0.25) is 5.02 Å². The minimum absolute atomic E-state index is 0.111. The van der Waals surface area contributed by atoms with Crippen LogP contribution in [0.5, 0.6) is 11.6 Å². The SMILES string of the molecule is O=C1NC(=Nc2cccc(Cl)c2)S/C1=C\c1ccc(Oc2ccc([N+](=O)[O-])cn2)cc1. The van der Waals surface area contributed by atoms with E-state index in [1.54, 1.807) is 54.6 Å². The number of amides is 1. The number of thioether (sulfide) groups is 1. The van der Waals surface area contributed by atoms with Gasteiger partial charge in [-0.15, -0.1) is 0 Å². The number of carbonyl (C=O) groups is 1. The van der Waals surface area contributed by atoms with E-state index in [4.69, 9.17) is 16.3 Å². The van der Waals surface area contributed by atoms with E-state index in [1.165, 1.54) is 23.9 Å². The number of nitro groups is 1. The number of nitrogens with one attached hydrogen (secondary N) is 1. The van der Waals surface area contributed by atoms with Crippen molar-refractivity contribution in [2.45, 2.75) is 0 Å². The van der Waals surface area contributed by atoms with Gasteiger partial charge in [-0.25, -0.2) is 9.98 Å². The summed E-state index contributed by atoms with van der Waals surface area (Å²) in [4.78, 5) is 31.2. The Morgan fingerprint density at radius 2 is 1.97 bits per heavy atom. The van der Waals surface area contributed by atoms with Crippen LogP contribution < -0.4 is 10.1 Å². The van der Waals surface area contributed by atoms with Crippen molar-refractivity contribution in [2.75, 3.05) is 0 Å². The van der Waals surface area contributed by atoms with E-state index in [1.807, 2.05) is 0 Å². The van der Waals surface area contributed by atoms with Crippen molar-refractivity contribution in [3.05, 3.63) is 92.5 Å². The van der Waals surface area contributed by atoms with Crippen molar-refractivity contribution in [3.8, 4) is 11.6 Å². The monoisotopic (exact) mass is 452 g/mol. The highest BCUT2D eigenvalue weighted by Crippen LogP contribution is 2.29. The summed E-state index contributed by atoms with van der Waals surface area (Å²) in [5.41, 5.74) is 1.34. The topological polar surface area (TPSA) is 107 Å². The highest BCUT2D eigenvalue weighted by atomic mass is 35.5. The van der Waals surface area contributed by atoms with Crippen molar-refractivity contribution in [3.63, 3.8) is 0 Å². The van der Waals surface area contributed by atoms with E-state index < -0.39 is 4.92 Å². The molecule has 0 saturated carbocycles. The number of rotatable bonds is 5. The van der Waals surface area contributed by atoms with Gasteiger partial charge in [0.25, 0.3) is 11.6 Å². The summed E-state index contributed by atoms with van der Waals surface area (Å²) in [5.74, 6) is 0.515. The third kappa shape index (κ3) is 5.27. The number of hydrogen-bond acceptors (Lipinski definition) is 7. The fourth-order valence-electron chi connectivity index (χ4n) is 2.59. The van der Waals surface area contributed by atoms with Gasteiger partial charge in [-0.3, -0.25) is 14.9 Å². The minimum Gasteiger partial charge on any atom is -0.439 e. The van der Waals surface area contributed by atoms with E-state index >= 15 is 0 Å². The molecule has 1 aliphatic heterocycles. The number of halogens is 1. The second kappa shape index (κ2) is 8.99. The quantitative estimate of drug-likeness (QED) is 0.318. The second-order valence-corrected chi connectivity index (χ2v) is 7.71. The summed E-state index contributed by atoms with van der Waals surface area (Å²) in [6, 6.07) is 16.8.